The number of benzene rings is 1. The Hall–Kier alpha value is -2.07. The summed E-state index contributed by atoms with van der Waals surface area (Å²) in [6.07, 6.45) is 2.25. The molecule has 0 unspecified atom stereocenters. The van der Waals surface area contributed by atoms with E-state index in [1.807, 2.05) is 36.6 Å². The number of nitrogens with two attached hydrogens (primary N) is 1. The first-order valence-corrected chi connectivity index (χ1v) is 13.2. The minimum absolute atomic E-state index is 0.132. The zero-order chi connectivity index (χ0) is 23.4. The van der Waals surface area contributed by atoms with E-state index in [9.17, 15) is 19.2 Å². The average Bonchev–Trinajstić information content (AvgIpc) is 2.73. The molecule has 9 nitrogen and oxygen atoms in total. The van der Waals surface area contributed by atoms with Crippen molar-refractivity contribution in [1.82, 2.24) is 16.0 Å². The molecule has 1 rings (SSSR count). The standard InChI is InChI=1S/C20H30N4O5SSe/c1-12(21)17(25)23-15(9-10-30-3)18(26)24-16(19(27)22-13(2)20(28)29)11-31-14-7-5-4-6-8-14/h4-8,12-13,15-16H,9-11,21H2,1-3H3,(H,22,27)(H,23,25)(H,24,26)(H,28,29)/t12-,13-,15-,16-/m0/s1. The van der Waals surface area contributed by atoms with Crippen LogP contribution in [0, 0.1) is 0 Å². The van der Waals surface area contributed by atoms with Crippen molar-refractivity contribution >= 4 is 54.9 Å². The van der Waals surface area contributed by atoms with E-state index in [1.54, 1.807) is 0 Å². The molecule has 0 aliphatic rings. The van der Waals surface area contributed by atoms with E-state index in [4.69, 9.17) is 10.8 Å². The molecule has 1 aromatic carbocycles. The van der Waals surface area contributed by atoms with E-state index in [1.165, 1.54) is 25.6 Å². The van der Waals surface area contributed by atoms with Gasteiger partial charge < -0.3 is 0 Å². The van der Waals surface area contributed by atoms with Gasteiger partial charge in [0.25, 0.3) is 0 Å². The van der Waals surface area contributed by atoms with Crippen LogP contribution in [-0.2, 0) is 19.2 Å². The van der Waals surface area contributed by atoms with E-state index in [0.29, 0.717) is 17.5 Å². The molecule has 3 amide bonds. The Labute approximate surface area is 192 Å². The Balaban J connectivity index is 2.94. The van der Waals surface area contributed by atoms with Crippen molar-refractivity contribution in [3.05, 3.63) is 30.3 Å². The molecular weight excluding hydrogens is 487 g/mol. The second-order valence-electron chi connectivity index (χ2n) is 6.89. The SMILES string of the molecule is CSCC[C@H](NC(=O)[C@H](C)N)C(=O)N[C@@H](C[Se]c1ccccc1)C(=O)N[C@@H](C)C(=O)O. The third-order valence-corrected chi connectivity index (χ3v) is 7.14. The molecule has 0 heterocycles. The van der Waals surface area contributed by atoms with Gasteiger partial charge >= 0.3 is 193 Å². The van der Waals surface area contributed by atoms with Crippen LogP contribution in [0.3, 0.4) is 0 Å². The number of aliphatic carboxylic acids is 1. The third kappa shape index (κ3) is 10.2. The molecule has 0 aliphatic heterocycles. The number of hydrogen-bond donors (Lipinski definition) is 5. The molecule has 0 saturated carbocycles. The molecule has 172 valence electrons. The second kappa shape index (κ2) is 14.1. The summed E-state index contributed by atoms with van der Waals surface area (Å²) in [5.74, 6) is -2.10. The zero-order valence-corrected chi connectivity index (χ0v) is 20.3. The second-order valence-corrected chi connectivity index (χ2v) is 10.2. The first-order chi connectivity index (χ1) is 14.6. The summed E-state index contributed by atoms with van der Waals surface area (Å²) >= 11 is 1.39. The van der Waals surface area contributed by atoms with Gasteiger partial charge in [-0.2, -0.15) is 0 Å². The van der Waals surface area contributed by atoms with Crippen molar-refractivity contribution in [2.24, 2.45) is 5.73 Å². The quantitative estimate of drug-likeness (QED) is 0.213. The average molecular weight is 518 g/mol. The molecule has 0 aromatic heterocycles. The van der Waals surface area contributed by atoms with Crippen LogP contribution < -0.4 is 26.1 Å². The van der Waals surface area contributed by atoms with Crippen molar-refractivity contribution in [1.29, 1.82) is 0 Å². The monoisotopic (exact) mass is 518 g/mol. The van der Waals surface area contributed by atoms with Crippen molar-refractivity contribution in [3.63, 3.8) is 0 Å². The number of rotatable bonds is 13. The van der Waals surface area contributed by atoms with Crippen molar-refractivity contribution in [2.45, 2.75) is 49.8 Å². The fourth-order valence-corrected chi connectivity index (χ4v) is 4.79. The first kappa shape index (κ1) is 27.0. The summed E-state index contributed by atoms with van der Waals surface area (Å²) in [5.41, 5.74) is 5.59. The molecule has 6 N–H and O–H groups in total. The zero-order valence-electron chi connectivity index (χ0n) is 17.8. The number of carbonyl (C=O) groups is 4. The topological polar surface area (TPSA) is 151 Å². The number of hydrogen-bond acceptors (Lipinski definition) is 6. The normalized spacial score (nSPS) is 14.6. The molecule has 11 heteroatoms. The van der Waals surface area contributed by atoms with Crippen LogP contribution in [0.2, 0.25) is 5.32 Å². The summed E-state index contributed by atoms with van der Waals surface area (Å²) in [6, 6.07) is 5.88. The third-order valence-electron chi connectivity index (χ3n) is 4.18. The molecule has 0 aliphatic carbocycles. The number of carboxylic acid groups (broad SMARTS) is 1. The van der Waals surface area contributed by atoms with Gasteiger partial charge in [-0.15, -0.1) is 0 Å². The van der Waals surface area contributed by atoms with Crippen molar-refractivity contribution < 1.29 is 24.3 Å². The number of carbonyl (C=O) groups excluding carboxylic acids is 3. The molecule has 0 radical (unpaired) electrons. The van der Waals surface area contributed by atoms with E-state index in [2.05, 4.69) is 16.0 Å². The van der Waals surface area contributed by atoms with Crippen LogP contribution in [0.25, 0.3) is 0 Å². The van der Waals surface area contributed by atoms with E-state index in [0.717, 1.165) is 4.46 Å². The molecule has 31 heavy (non-hydrogen) atoms. The Bertz CT molecular complexity index is 750. The predicted octanol–water partition coefficient (Wildman–Crippen LogP) is -0.906. The Morgan fingerprint density at radius 2 is 1.58 bits per heavy atom. The van der Waals surface area contributed by atoms with Crippen molar-refractivity contribution in [3.8, 4) is 0 Å². The Kier molecular flexibility index (Phi) is 12.2. The van der Waals surface area contributed by atoms with Gasteiger partial charge in [0, 0.05) is 0 Å². The van der Waals surface area contributed by atoms with Crippen LogP contribution in [-0.4, -0.2) is 79.9 Å². The van der Waals surface area contributed by atoms with Gasteiger partial charge in [-0.05, 0) is 0 Å². The van der Waals surface area contributed by atoms with Gasteiger partial charge in [0.05, 0.1) is 0 Å². The predicted molar refractivity (Wildman–Crippen MR) is 122 cm³/mol. The van der Waals surface area contributed by atoms with Gasteiger partial charge in [-0.1, -0.05) is 0 Å². The van der Waals surface area contributed by atoms with Gasteiger partial charge in [-0.3, -0.25) is 0 Å². The maximum absolute atomic E-state index is 12.9. The molecule has 0 spiro atoms. The van der Waals surface area contributed by atoms with Gasteiger partial charge in [-0.25, -0.2) is 0 Å². The Morgan fingerprint density at radius 1 is 1.00 bits per heavy atom. The van der Waals surface area contributed by atoms with E-state index < -0.39 is 47.9 Å². The fraction of sp³-hybridized carbons (Fsp3) is 0.500. The molecule has 4 atom stereocenters. The van der Waals surface area contributed by atoms with E-state index >= 15 is 0 Å². The van der Waals surface area contributed by atoms with Crippen LogP contribution in [0.4, 0.5) is 0 Å². The fourth-order valence-electron chi connectivity index (χ4n) is 2.33. The molecule has 1 aromatic rings. The van der Waals surface area contributed by atoms with Crippen molar-refractivity contribution in [2.75, 3.05) is 12.0 Å². The molecule has 0 fully saturated rings. The Morgan fingerprint density at radius 3 is 2.13 bits per heavy atom. The molecule has 0 bridgehead atoms. The van der Waals surface area contributed by atoms with Crippen LogP contribution >= 0.6 is 11.8 Å². The first-order valence-electron chi connectivity index (χ1n) is 9.72. The summed E-state index contributed by atoms with van der Waals surface area (Å²) in [7, 11) is 0. The summed E-state index contributed by atoms with van der Waals surface area (Å²) in [4.78, 5) is 48.7. The van der Waals surface area contributed by atoms with E-state index in [-0.39, 0.29) is 15.0 Å². The van der Waals surface area contributed by atoms with Gasteiger partial charge in [0.15, 0.2) is 0 Å². The van der Waals surface area contributed by atoms with Gasteiger partial charge in [0.2, 0.25) is 0 Å². The van der Waals surface area contributed by atoms with Crippen LogP contribution in [0.15, 0.2) is 30.3 Å². The minimum atomic E-state index is -1.17. The summed E-state index contributed by atoms with van der Waals surface area (Å²) in [6.45, 7) is 2.87. The number of nitrogens with one attached hydrogen (secondary N) is 3. The summed E-state index contributed by atoms with van der Waals surface area (Å²) in [5, 5.41) is 17.1. The van der Waals surface area contributed by atoms with Gasteiger partial charge in [0.1, 0.15) is 0 Å². The summed E-state index contributed by atoms with van der Waals surface area (Å²) < 4.78 is 1.04. The maximum atomic E-state index is 12.9. The number of amides is 3. The molecular formula is C20H30N4O5SSe. The number of carboxylic acids is 1. The number of thioether (sulfide) groups is 1. The van der Waals surface area contributed by atoms with Crippen LogP contribution in [0.5, 0.6) is 0 Å². The molecule has 0 saturated heterocycles. The van der Waals surface area contributed by atoms with Crippen LogP contribution in [0.1, 0.15) is 20.3 Å².